The molecule has 1 spiro atoms. The molecule has 1 amide bonds. The molecule has 0 bridgehead atoms. The zero-order chi connectivity index (χ0) is 9.31. The first-order valence-electron chi connectivity index (χ1n) is 4.81. The predicted molar refractivity (Wildman–Crippen MR) is 45.8 cm³/mol. The minimum absolute atomic E-state index is 0.196. The summed E-state index contributed by atoms with van der Waals surface area (Å²) in [7, 11) is 0. The fourth-order valence-electron chi connectivity index (χ4n) is 2.12. The minimum Gasteiger partial charge on any atom is -0.365 e. The van der Waals surface area contributed by atoms with Crippen molar-refractivity contribution in [1.29, 1.82) is 0 Å². The highest BCUT2D eigenvalue weighted by atomic mass is 16.7. The second kappa shape index (κ2) is 3.27. The van der Waals surface area contributed by atoms with E-state index in [2.05, 4.69) is 0 Å². The van der Waals surface area contributed by atoms with E-state index in [4.69, 9.17) is 15.2 Å². The fourth-order valence-corrected chi connectivity index (χ4v) is 2.12. The summed E-state index contributed by atoms with van der Waals surface area (Å²) >= 11 is 0. The van der Waals surface area contributed by atoms with E-state index in [-0.39, 0.29) is 5.60 Å². The highest BCUT2D eigenvalue weighted by Crippen LogP contribution is 2.36. The van der Waals surface area contributed by atoms with E-state index in [1.807, 2.05) is 0 Å². The maximum atomic E-state index is 10.8. The van der Waals surface area contributed by atoms with Gasteiger partial charge in [-0.05, 0) is 12.8 Å². The second-order valence-corrected chi connectivity index (χ2v) is 3.91. The highest BCUT2D eigenvalue weighted by molar-refractivity contribution is 5.77. The molecule has 1 atom stereocenters. The number of amides is 1. The Bertz CT molecular complexity index is 211. The van der Waals surface area contributed by atoms with E-state index in [0.29, 0.717) is 6.61 Å². The lowest BCUT2D eigenvalue weighted by Crippen LogP contribution is -2.37. The van der Waals surface area contributed by atoms with Crippen LogP contribution in [0.3, 0.4) is 0 Å². The maximum absolute atomic E-state index is 10.8. The van der Waals surface area contributed by atoms with Crippen LogP contribution in [-0.4, -0.2) is 24.4 Å². The number of carbonyl (C=O) groups excluding carboxylic acids is 1. The van der Waals surface area contributed by atoms with E-state index in [1.54, 1.807) is 0 Å². The zero-order valence-electron chi connectivity index (χ0n) is 7.62. The molecule has 74 valence electrons. The van der Waals surface area contributed by atoms with Gasteiger partial charge in [-0.25, -0.2) is 0 Å². The molecule has 2 aliphatic rings. The summed E-state index contributed by atoms with van der Waals surface area (Å²) in [6, 6.07) is 0. The molecule has 0 aromatic heterocycles. The van der Waals surface area contributed by atoms with Gasteiger partial charge in [-0.2, -0.15) is 0 Å². The number of primary amides is 1. The summed E-state index contributed by atoms with van der Waals surface area (Å²) in [5, 5.41) is 0. The Labute approximate surface area is 77.4 Å². The van der Waals surface area contributed by atoms with Gasteiger partial charge in [0.05, 0.1) is 12.2 Å². The third kappa shape index (κ3) is 1.69. The number of rotatable bonds is 1. The molecule has 0 aromatic carbocycles. The largest absolute Gasteiger partial charge is 0.365 e. The number of hydrogen-bond acceptors (Lipinski definition) is 3. The molecule has 2 N–H and O–H groups in total. The van der Waals surface area contributed by atoms with Gasteiger partial charge in [0.1, 0.15) is 0 Å². The lowest BCUT2D eigenvalue weighted by atomic mass is 9.86. The van der Waals surface area contributed by atoms with Crippen molar-refractivity contribution < 1.29 is 14.3 Å². The second-order valence-electron chi connectivity index (χ2n) is 3.91. The smallest absolute Gasteiger partial charge is 0.274 e. The van der Waals surface area contributed by atoms with Crippen molar-refractivity contribution in [2.75, 3.05) is 6.61 Å². The number of carbonyl (C=O) groups is 1. The number of nitrogens with two attached hydrogens (primary N) is 1. The molecule has 4 heteroatoms. The molecule has 0 aromatic rings. The van der Waals surface area contributed by atoms with Gasteiger partial charge < -0.3 is 15.2 Å². The van der Waals surface area contributed by atoms with Crippen molar-refractivity contribution in [2.24, 2.45) is 5.73 Å². The Balaban J connectivity index is 1.98. The van der Waals surface area contributed by atoms with Crippen LogP contribution in [0.2, 0.25) is 0 Å². The van der Waals surface area contributed by atoms with E-state index in [9.17, 15) is 4.79 Å². The molecular weight excluding hydrogens is 170 g/mol. The van der Waals surface area contributed by atoms with Crippen LogP contribution in [0.5, 0.6) is 0 Å². The Kier molecular flexibility index (Phi) is 2.26. The molecule has 1 aliphatic carbocycles. The van der Waals surface area contributed by atoms with Crippen LogP contribution in [0, 0.1) is 0 Å². The third-order valence-electron chi connectivity index (χ3n) is 2.85. The Morgan fingerprint density at radius 3 is 2.54 bits per heavy atom. The number of hydrogen-bond donors (Lipinski definition) is 1. The first kappa shape index (κ1) is 8.97. The molecule has 1 saturated carbocycles. The molecule has 1 aliphatic heterocycles. The topological polar surface area (TPSA) is 61.6 Å². The summed E-state index contributed by atoms with van der Waals surface area (Å²) in [6.45, 7) is 0.528. The van der Waals surface area contributed by atoms with Crippen molar-refractivity contribution in [3.8, 4) is 0 Å². The molecule has 1 saturated heterocycles. The van der Waals surface area contributed by atoms with Gasteiger partial charge in [-0.15, -0.1) is 0 Å². The lowest BCUT2D eigenvalue weighted by molar-refractivity contribution is -0.152. The molecule has 1 unspecified atom stereocenters. The standard InChI is InChI=1S/C9H15NO3/c10-7(11)8-12-6-9(13-8)4-2-1-3-5-9/h8H,1-6H2,(H2,10,11). The molecule has 2 fully saturated rings. The van der Waals surface area contributed by atoms with Gasteiger partial charge in [-0.3, -0.25) is 4.79 Å². The number of ether oxygens (including phenoxy) is 2. The Hall–Kier alpha value is -0.610. The zero-order valence-corrected chi connectivity index (χ0v) is 7.62. The van der Waals surface area contributed by atoms with Crippen LogP contribution in [-0.2, 0) is 14.3 Å². The average Bonchev–Trinajstić information content (AvgIpc) is 2.51. The van der Waals surface area contributed by atoms with Crippen molar-refractivity contribution >= 4 is 5.91 Å². The van der Waals surface area contributed by atoms with E-state index >= 15 is 0 Å². The van der Waals surface area contributed by atoms with Crippen LogP contribution < -0.4 is 5.73 Å². The molecule has 0 radical (unpaired) electrons. The molecule has 4 nitrogen and oxygen atoms in total. The lowest BCUT2D eigenvalue weighted by Gasteiger charge is -2.30. The quantitative estimate of drug-likeness (QED) is 0.648. The summed E-state index contributed by atoms with van der Waals surface area (Å²) in [5.41, 5.74) is 4.90. The van der Waals surface area contributed by atoms with Gasteiger partial charge in [0, 0.05) is 0 Å². The SMILES string of the molecule is NC(=O)C1OCC2(CCCCC2)O1. The van der Waals surface area contributed by atoms with Crippen LogP contribution in [0.25, 0.3) is 0 Å². The van der Waals surface area contributed by atoms with Crippen LogP contribution in [0.1, 0.15) is 32.1 Å². The molecule has 2 rings (SSSR count). The van der Waals surface area contributed by atoms with E-state index < -0.39 is 12.2 Å². The summed E-state index contributed by atoms with van der Waals surface area (Å²) in [4.78, 5) is 10.8. The van der Waals surface area contributed by atoms with Gasteiger partial charge in [0.25, 0.3) is 5.91 Å². The van der Waals surface area contributed by atoms with Crippen molar-refractivity contribution in [2.45, 2.75) is 44.0 Å². The van der Waals surface area contributed by atoms with E-state index in [0.717, 1.165) is 25.7 Å². The van der Waals surface area contributed by atoms with Crippen molar-refractivity contribution in [3.63, 3.8) is 0 Å². The monoisotopic (exact) mass is 185 g/mol. The summed E-state index contributed by atoms with van der Waals surface area (Å²) in [5.74, 6) is -0.512. The highest BCUT2D eigenvalue weighted by Gasteiger charge is 2.43. The predicted octanol–water partition coefficient (Wildman–Crippen LogP) is 0.547. The van der Waals surface area contributed by atoms with E-state index in [1.165, 1.54) is 6.42 Å². The first-order valence-corrected chi connectivity index (χ1v) is 4.81. The molecular formula is C9H15NO3. The minimum atomic E-state index is -0.807. The summed E-state index contributed by atoms with van der Waals surface area (Å²) in [6.07, 6.45) is 4.77. The normalized spacial score (nSPS) is 32.2. The van der Waals surface area contributed by atoms with Gasteiger partial charge in [0.2, 0.25) is 6.29 Å². The van der Waals surface area contributed by atoms with Crippen molar-refractivity contribution in [3.05, 3.63) is 0 Å². The average molecular weight is 185 g/mol. The maximum Gasteiger partial charge on any atom is 0.274 e. The van der Waals surface area contributed by atoms with Gasteiger partial charge >= 0.3 is 0 Å². The van der Waals surface area contributed by atoms with Gasteiger partial charge in [-0.1, -0.05) is 19.3 Å². The Morgan fingerprint density at radius 1 is 1.31 bits per heavy atom. The van der Waals surface area contributed by atoms with Gasteiger partial charge in [0.15, 0.2) is 0 Å². The van der Waals surface area contributed by atoms with Crippen LogP contribution >= 0.6 is 0 Å². The van der Waals surface area contributed by atoms with Crippen LogP contribution in [0.4, 0.5) is 0 Å². The molecule has 1 heterocycles. The summed E-state index contributed by atoms with van der Waals surface area (Å²) < 4.78 is 10.8. The first-order chi connectivity index (χ1) is 6.22. The molecule has 13 heavy (non-hydrogen) atoms. The third-order valence-corrected chi connectivity index (χ3v) is 2.85. The Morgan fingerprint density at radius 2 is 2.00 bits per heavy atom. The fraction of sp³-hybridized carbons (Fsp3) is 0.889. The van der Waals surface area contributed by atoms with Crippen LogP contribution in [0.15, 0.2) is 0 Å². The van der Waals surface area contributed by atoms with Crippen molar-refractivity contribution in [1.82, 2.24) is 0 Å².